The third kappa shape index (κ3) is 4.25. The van der Waals surface area contributed by atoms with Gasteiger partial charge >= 0.3 is 0 Å². The first kappa shape index (κ1) is 14.9. The van der Waals surface area contributed by atoms with Crippen LogP contribution in [-0.2, 0) is 11.8 Å². The van der Waals surface area contributed by atoms with Crippen molar-refractivity contribution in [1.29, 1.82) is 0 Å². The third-order valence-corrected chi connectivity index (χ3v) is 4.12. The third-order valence-electron chi connectivity index (χ3n) is 2.42. The maximum Gasteiger partial charge on any atom is 0.243 e. The first-order valence-corrected chi connectivity index (χ1v) is 7.82. The number of hydrogen-bond acceptors (Lipinski definition) is 8. The highest BCUT2D eigenvalue weighted by molar-refractivity contribution is 7.99. The minimum Gasteiger partial charge on any atom is -0.305 e. The molecule has 0 bridgehead atoms. The lowest BCUT2D eigenvalue weighted by Crippen LogP contribution is -2.39. The summed E-state index contributed by atoms with van der Waals surface area (Å²) in [7, 11) is 1.79. The van der Waals surface area contributed by atoms with Crippen molar-refractivity contribution in [2.24, 2.45) is 7.05 Å². The zero-order valence-corrected chi connectivity index (χ0v) is 12.7. The van der Waals surface area contributed by atoms with Crippen molar-refractivity contribution in [3.8, 4) is 0 Å². The van der Waals surface area contributed by atoms with E-state index in [0.717, 1.165) is 10.9 Å². The van der Waals surface area contributed by atoms with Gasteiger partial charge in [0, 0.05) is 30.9 Å². The topological polar surface area (TPSA) is 97.6 Å². The predicted molar refractivity (Wildman–Crippen MR) is 77.7 cm³/mol. The van der Waals surface area contributed by atoms with Gasteiger partial charge in [0.1, 0.15) is 0 Å². The molecule has 0 aromatic carbocycles. The molecule has 0 saturated heterocycles. The number of anilines is 1. The van der Waals surface area contributed by atoms with Gasteiger partial charge in [-0.3, -0.25) is 4.79 Å². The molecule has 0 fully saturated rings. The highest BCUT2D eigenvalue weighted by Gasteiger charge is 2.13. The fourth-order valence-electron chi connectivity index (χ4n) is 1.35. The van der Waals surface area contributed by atoms with Crippen molar-refractivity contribution in [3.63, 3.8) is 0 Å². The number of aromatic nitrogens is 5. The number of aryl methyl sites for hydroxylation is 1. The summed E-state index contributed by atoms with van der Waals surface area (Å²) in [5.41, 5.74) is 0. The molecule has 0 radical (unpaired) electrons. The summed E-state index contributed by atoms with van der Waals surface area (Å²) in [5, 5.41) is 20.3. The second-order valence-corrected chi connectivity index (χ2v) is 5.89. The largest absolute Gasteiger partial charge is 0.305 e. The number of thiazole rings is 1. The maximum absolute atomic E-state index is 11.8. The Morgan fingerprint density at radius 2 is 2.45 bits per heavy atom. The Labute approximate surface area is 124 Å². The van der Waals surface area contributed by atoms with Gasteiger partial charge in [0.25, 0.3) is 0 Å². The lowest BCUT2D eigenvalue weighted by molar-refractivity contribution is -0.117. The van der Waals surface area contributed by atoms with Crippen molar-refractivity contribution in [2.75, 3.05) is 17.6 Å². The molecule has 10 heteroatoms. The Bertz CT molecular complexity index is 542. The van der Waals surface area contributed by atoms with E-state index in [2.05, 4.69) is 31.1 Å². The van der Waals surface area contributed by atoms with Crippen LogP contribution in [0.25, 0.3) is 0 Å². The van der Waals surface area contributed by atoms with Crippen LogP contribution in [0, 0.1) is 0 Å². The molecule has 2 heterocycles. The molecule has 0 aliphatic heterocycles. The first-order chi connectivity index (χ1) is 9.66. The van der Waals surface area contributed by atoms with Gasteiger partial charge in [-0.15, -0.1) is 16.4 Å². The molecule has 0 aliphatic rings. The highest BCUT2D eigenvalue weighted by Crippen LogP contribution is 2.12. The molecule has 20 heavy (non-hydrogen) atoms. The van der Waals surface area contributed by atoms with E-state index < -0.39 is 0 Å². The summed E-state index contributed by atoms with van der Waals surface area (Å²) in [4.78, 5) is 15.8. The Hall–Kier alpha value is -1.52. The molecule has 2 aromatic heterocycles. The lowest BCUT2D eigenvalue weighted by atomic mass is 10.3. The average molecular weight is 313 g/mol. The van der Waals surface area contributed by atoms with E-state index in [1.807, 2.05) is 12.3 Å². The quantitative estimate of drug-likeness (QED) is 0.563. The summed E-state index contributed by atoms with van der Waals surface area (Å²) in [6.45, 7) is 2.50. The Balaban J connectivity index is 1.66. The molecular formula is C10H15N7OS2. The van der Waals surface area contributed by atoms with E-state index in [1.54, 1.807) is 17.9 Å². The van der Waals surface area contributed by atoms with E-state index in [4.69, 9.17) is 0 Å². The van der Waals surface area contributed by atoms with E-state index in [-0.39, 0.29) is 11.9 Å². The molecule has 2 N–H and O–H groups in total. The zero-order chi connectivity index (χ0) is 14.4. The van der Waals surface area contributed by atoms with Gasteiger partial charge in [0.15, 0.2) is 5.13 Å². The van der Waals surface area contributed by atoms with E-state index in [0.29, 0.717) is 11.7 Å². The van der Waals surface area contributed by atoms with Crippen LogP contribution in [0.15, 0.2) is 16.7 Å². The van der Waals surface area contributed by atoms with Gasteiger partial charge in [-0.25, -0.2) is 9.67 Å². The van der Waals surface area contributed by atoms with Crippen molar-refractivity contribution in [1.82, 2.24) is 30.5 Å². The van der Waals surface area contributed by atoms with Crippen LogP contribution in [0.2, 0.25) is 0 Å². The van der Waals surface area contributed by atoms with Crippen LogP contribution in [0.4, 0.5) is 5.13 Å². The Morgan fingerprint density at radius 1 is 1.60 bits per heavy atom. The van der Waals surface area contributed by atoms with Crippen LogP contribution in [-0.4, -0.2) is 49.4 Å². The summed E-state index contributed by atoms with van der Waals surface area (Å²) in [5.74, 6) is 0.689. The number of thioether (sulfide) groups is 1. The lowest BCUT2D eigenvalue weighted by Gasteiger charge is -2.12. The van der Waals surface area contributed by atoms with Crippen molar-refractivity contribution >= 4 is 34.1 Å². The summed E-state index contributed by atoms with van der Waals surface area (Å²) in [6, 6.07) is -0.280. The summed E-state index contributed by atoms with van der Waals surface area (Å²) >= 11 is 2.93. The van der Waals surface area contributed by atoms with Crippen LogP contribution < -0.4 is 10.6 Å². The number of nitrogens with zero attached hydrogens (tertiary/aromatic N) is 5. The molecule has 0 spiro atoms. The second-order valence-electron chi connectivity index (χ2n) is 3.94. The van der Waals surface area contributed by atoms with Crippen molar-refractivity contribution in [2.45, 2.75) is 18.1 Å². The summed E-state index contributed by atoms with van der Waals surface area (Å²) in [6.07, 6.45) is 1.66. The van der Waals surface area contributed by atoms with Gasteiger partial charge in [0.2, 0.25) is 11.1 Å². The van der Waals surface area contributed by atoms with Crippen molar-refractivity contribution in [3.05, 3.63) is 11.6 Å². The first-order valence-electron chi connectivity index (χ1n) is 5.95. The van der Waals surface area contributed by atoms with Gasteiger partial charge in [-0.1, -0.05) is 11.8 Å². The molecule has 0 unspecified atom stereocenters. The number of carbonyl (C=O) groups is 1. The number of nitrogens with one attached hydrogen (secondary N) is 2. The molecule has 1 amide bonds. The maximum atomic E-state index is 11.8. The SMILES string of the molecule is C[C@@H](NCCSc1nnnn1C)C(=O)Nc1nccs1. The molecule has 108 valence electrons. The normalized spacial score (nSPS) is 12.3. The fourth-order valence-corrected chi connectivity index (χ4v) is 2.60. The average Bonchev–Trinajstić information content (AvgIpc) is 3.06. The molecule has 8 nitrogen and oxygen atoms in total. The van der Waals surface area contributed by atoms with E-state index in [9.17, 15) is 4.79 Å². The second kappa shape index (κ2) is 7.31. The molecule has 2 aromatic rings. The monoisotopic (exact) mass is 313 g/mol. The predicted octanol–water partition coefficient (Wildman–Crippen LogP) is 0.375. The number of tetrazole rings is 1. The minimum atomic E-state index is -0.280. The van der Waals surface area contributed by atoms with Crippen LogP contribution in [0.3, 0.4) is 0 Å². The number of amides is 1. The number of hydrogen-bond donors (Lipinski definition) is 2. The van der Waals surface area contributed by atoms with Crippen LogP contribution >= 0.6 is 23.1 Å². The fraction of sp³-hybridized carbons (Fsp3) is 0.500. The van der Waals surface area contributed by atoms with Crippen LogP contribution in [0.1, 0.15) is 6.92 Å². The van der Waals surface area contributed by atoms with Gasteiger partial charge in [-0.2, -0.15) is 0 Å². The van der Waals surface area contributed by atoms with Crippen molar-refractivity contribution < 1.29 is 4.79 Å². The zero-order valence-electron chi connectivity index (χ0n) is 11.1. The van der Waals surface area contributed by atoms with Gasteiger partial charge < -0.3 is 10.6 Å². The van der Waals surface area contributed by atoms with Crippen LogP contribution in [0.5, 0.6) is 0 Å². The molecule has 0 saturated carbocycles. The minimum absolute atomic E-state index is 0.0923. The number of carbonyl (C=O) groups excluding carboxylic acids is 1. The van der Waals surface area contributed by atoms with E-state index in [1.165, 1.54) is 23.1 Å². The highest BCUT2D eigenvalue weighted by atomic mass is 32.2. The van der Waals surface area contributed by atoms with E-state index >= 15 is 0 Å². The Morgan fingerprint density at radius 3 is 3.10 bits per heavy atom. The molecule has 1 atom stereocenters. The smallest absolute Gasteiger partial charge is 0.243 e. The number of rotatable bonds is 7. The molecular weight excluding hydrogens is 298 g/mol. The Kier molecular flexibility index (Phi) is 5.44. The van der Waals surface area contributed by atoms with Gasteiger partial charge in [-0.05, 0) is 17.4 Å². The molecule has 2 rings (SSSR count). The summed E-state index contributed by atoms with van der Waals surface area (Å²) < 4.78 is 1.61. The standard InChI is InChI=1S/C10H15N7OS2/c1-7(8(18)13-9-12-4-5-19-9)11-3-6-20-10-14-15-16-17(10)2/h4-5,7,11H,3,6H2,1-2H3,(H,12,13,18)/t7-/m1/s1. The van der Waals surface area contributed by atoms with Gasteiger partial charge in [0.05, 0.1) is 6.04 Å². The molecule has 0 aliphatic carbocycles.